The molecule has 0 saturated heterocycles. The Hall–Kier alpha value is -2.99. The van der Waals surface area contributed by atoms with Gasteiger partial charge in [-0.25, -0.2) is 0 Å². The fourth-order valence-corrected chi connectivity index (χ4v) is 4.52. The van der Waals surface area contributed by atoms with E-state index in [-0.39, 0.29) is 50.8 Å². The van der Waals surface area contributed by atoms with Gasteiger partial charge in [0.15, 0.2) is 11.5 Å². The molecule has 0 saturated carbocycles. The van der Waals surface area contributed by atoms with Crippen LogP contribution in [0.15, 0.2) is 23.8 Å². The lowest BCUT2D eigenvalue weighted by molar-refractivity contribution is -0.139. The van der Waals surface area contributed by atoms with Crippen molar-refractivity contribution in [3.63, 3.8) is 0 Å². The number of nitrogens with one attached hydrogen (secondary N) is 1. The summed E-state index contributed by atoms with van der Waals surface area (Å²) in [5, 5.41) is 23.2. The van der Waals surface area contributed by atoms with Crippen molar-refractivity contribution in [1.29, 1.82) is 0 Å². The summed E-state index contributed by atoms with van der Waals surface area (Å²) in [5.41, 5.74) is 1.10. The van der Waals surface area contributed by atoms with E-state index in [1.165, 1.54) is 32.3 Å². The van der Waals surface area contributed by atoms with Crippen LogP contribution >= 0.6 is 0 Å². The van der Waals surface area contributed by atoms with E-state index in [0.717, 1.165) is 0 Å². The van der Waals surface area contributed by atoms with Gasteiger partial charge in [0.05, 0.1) is 45.3 Å². The molecule has 1 aliphatic heterocycles. The third-order valence-electron chi connectivity index (χ3n) is 6.15. The molecule has 192 valence electrons. The van der Waals surface area contributed by atoms with Crippen LogP contribution in [0.2, 0.25) is 0 Å². The molecule has 0 radical (unpaired) electrons. The fourth-order valence-electron chi connectivity index (χ4n) is 4.52. The Kier molecular flexibility index (Phi) is 9.21. The Morgan fingerprint density at radius 1 is 1.20 bits per heavy atom. The summed E-state index contributed by atoms with van der Waals surface area (Å²) in [6.45, 7) is 0.342. The van der Waals surface area contributed by atoms with E-state index in [1.807, 2.05) is 0 Å². The molecule has 11 heteroatoms. The lowest BCUT2D eigenvalue weighted by atomic mass is 9.77. The van der Waals surface area contributed by atoms with Crippen LogP contribution in [0.4, 0.5) is 0 Å². The van der Waals surface area contributed by atoms with Crippen LogP contribution < -0.4 is 14.8 Å². The van der Waals surface area contributed by atoms with Crippen molar-refractivity contribution < 1.29 is 43.5 Å². The largest absolute Gasteiger partial charge is 0.493 e. The number of aldehydes is 1. The predicted molar refractivity (Wildman–Crippen MR) is 124 cm³/mol. The Morgan fingerprint density at radius 3 is 2.57 bits per heavy atom. The molecule has 0 fully saturated rings. The molecular formula is C24H32N2O9. The summed E-state index contributed by atoms with van der Waals surface area (Å²) in [5.74, 6) is -0.863. The first-order chi connectivity index (χ1) is 16.9. The number of aliphatic hydroxyl groups is 2. The zero-order chi connectivity index (χ0) is 25.5. The number of aliphatic hydroxyl groups excluding tert-OH is 2. The molecule has 3 N–H and O–H groups in total. The van der Waals surface area contributed by atoms with Gasteiger partial charge in [0.1, 0.15) is 18.5 Å². The zero-order valence-electron chi connectivity index (χ0n) is 20.1. The second kappa shape index (κ2) is 12.1. The molecule has 11 nitrogen and oxygen atoms in total. The van der Waals surface area contributed by atoms with Gasteiger partial charge >= 0.3 is 0 Å². The molecule has 1 aromatic rings. The van der Waals surface area contributed by atoms with Gasteiger partial charge < -0.3 is 39.4 Å². The van der Waals surface area contributed by atoms with E-state index in [1.54, 1.807) is 12.1 Å². The topological polar surface area (TPSA) is 144 Å². The highest BCUT2D eigenvalue weighted by Crippen LogP contribution is 2.51. The lowest BCUT2D eigenvalue weighted by Crippen LogP contribution is -2.56. The molecule has 1 aliphatic carbocycles. The first-order valence-corrected chi connectivity index (χ1v) is 11.3. The second-order valence-electron chi connectivity index (χ2n) is 8.22. The summed E-state index contributed by atoms with van der Waals surface area (Å²) < 4.78 is 21.7. The van der Waals surface area contributed by atoms with Crippen molar-refractivity contribution in [2.24, 2.45) is 0 Å². The van der Waals surface area contributed by atoms with Gasteiger partial charge in [-0.15, -0.1) is 0 Å². The molecule has 4 atom stereocenters. The number of ether oxygens (including phenoxy) is 4. The van der Waals surface area contributed by atoms with Crippen molar-refractivity contribution in [2.45, 2.75) is 30.6 Å². The molecule has 0 spiro atoms. The smallest absolute Gasteiger partial charge is 0.247 e. The second-order valence-corrected chi connectivity index (χ2v) is 8.22. The highest BCUT2D eigenvalue weighted by molar-refractivity contribution is 5.96. The average Bonchev–Trinajstić information content (AvgIpc) is 3.26. The van der Waals surface area contributed by atoms with Crippen molar-refractivity contribution in [2.75, 3.05) is 54.2 Å². The number of hydrogen-bond donors (Lipinski definition) is 3. The Labute approximate surface area is 203 Å². The quantitative estimate of drug-likeness (QED) is 0.333. The number of amides is 2. The van der Waals surface area contributed by atoms with Crippen molar-refractivity contribution >= 4 is 18.1 Å². The van der Waals surface area contributed by atoms with Gasteiger partial charge in [-0.2, -0.15) is 0 Å². The van der Waals surface area contributed by atoms with Gasteiger partial charge in [0.2, 0.25) is 11.8 Å². The SMILES string of the molecule is COCCC(=O)N(CCOC)C1C=C(C(=O)NCCO)C2c3cc(C=O)cc(OC)c3OC2C1O. The van der Waals surface area contributed by atoms with Gasteiger partial charge in [0, 0.05) is 44.0 Å². The van der Waals surface area contributed by atoms with Crippen LogP contribution in [-0.2, 0) is 19.1 Å². The minimum atomic E-state index is -1.20. The maximum Gasteiger partial charge on any atom is 0.247 e. The lowest BCUT2D eigenvalue weighted by Gasteiger charge is -2.40. The minimum absolute atomic E-state index is 0.0202. The normalized spacial score (nSPS) is 22.4. The number of hydrogen-bond acceptors (Lipinski definition) is 9. The molecule has 1 aromatic carbocycles. The van der Waals surface area contributed by atoms with Crippen LogP contribution in [0, 0.1) is 0 Å². The third-order valence-corrected chi connectivity index (χ3v) is 6.15. The Bertz CT molecular complexity index is 965. The zero-order valence-corrected chi connectivity index (χ0v) is 20.1. The Balaban J connectivity index is 2.09. The van der Waals surface area contributed by atoms with E-state index < -0.39 is 30.1 Å². The number of carbonyl (C=O) groups excluding carboxylic acids is 3. The minimum Gasteiger partial charge on any atom is -0.493 e. The van der Waals surface area contributed by atoms with Gasteiger partial charge in [-0.3, -0.25) is 14.4 Å². The summed E-state index contributed by atoms with van der Waals surface area (Å²) in [4.78, 5) is 39.2. The van der Waals surface area contributed by atoms with Crippen LogP contribution in [0.3, 0.4) is 0 Å². The van der Waals surface area contributed by atoms with E-state index in [9.17, 15) is 24.6 Å². The molecule has 0 aromatic heterocycles. The summed E-state index contributed by atoms with van der Waals surface area (Å²) >= 11 is 0. The maximum atomic E-state index is 13.2. The number of nitrogens with zero attached hydrogens (tertiary/aromatic N) is 1. The van der Waals surface area contributed by atoms with Crippen molar-refractivity contribution in [1.82, 2.24) is 10.2 Å². The highest BCUT2D eigenvalue weighted by Gasteiger charge is 2.51. The van der Waals surface area contributed by atoms with Gasteiger partial charge in [-0.1, -0.05) is 0 Å². The van der Waals surface area contributed by atoms with E-state index in [2.05, 4.69) is 5.32 Å². The summed E-state index contributed by atoms with van der Waals surface area (Å²) in [7, 11) is 4.42. The number of carbonyl (C=O) groups is 3. The molecule has 3 rings (SSSR count). The molecule has 2 amide bonds. The van der Waals surface area contributed by atoms with Crippen LogP contribution in [0.25, 0.3) is 0 Å². The molecule has 4 unspecified atom stereocenters. The van der Waals surface area contributed by atoms with Crippen molar-refractivity contribution in [3.05, 3.63) is 34.9 Å². The summed E-state index contributed by atoms with van der Waals surface area (Å²) in [6, 6.07) is 2.22. The highest BCUT2D eigenvalue weighted by atomic mass is 16.5. The standard InChI is InChI=1S/C24H32N2O9/c1-32-8-4-19(29)26(6-9-33-2)17-12-16(24(31)25-5-7-27)20-15-10-14(13-28)11-18(34-3)22(15)35-23(20)21(17)30/h10-13,17,20-21,23,27,30H,4-9H2,1-3H3,(H,25,31). The molecular weight excluding hydrogens is 460 g/mol. The third kappa shape index (κ3) is 5.48. The first-order valence-electron chi connectivity index (χ1n) is 11.3. The summed E-state index contributed by atoms with van der Waals surface area (Å²) in [6.07, 6.45) is 0.168. The fraction of sp³-hybridized carbons (Fsp3) is 0.542. The number of methoxy groups -OCH3 is 3. The number of fused-ring (bicyclic) bond motifs is 3. The maximum absolute atomic E-state index is 13.2. The number of rotatable bonds is 12. The molecule has 1 heterocycles. The van der Waals surface area contributed by atoms with E-state index in [0.29, 0.717) is 28.9 Å². The van der Waals surface area contributed by atoms with E-state index >= 15 is 0 Å². The van der Waals surface area contributed by atoms with Crippen LogP contribution in [-0.4, -0.2) is 106 Å². The molecule has 2 aliphatic rings. The Morgan fingerprint density at radius 2 is 1.94 bits per heavy atom. The predicted octanol–water partition coefficient (Wildman–Crippen LogP) is -0.358. The monoisotopic (exact) mass is 492 g/mol. The van der Waals surface area contributed by atoms with Crippen LogP contribution in [0.5, 0.6) is 11.5 Å². The first kappa shape index (κ1) is 26.6. The molecule has 0 bridgehead atoms. The van der Waals surface area contributed by atoms with Crippen molar-refractivity contribution in [3.8, 4) is 11.5 Å². The van der Waals surface area contributed by atoms with E-state index in [4.69, 9.17) is 18.9 Å². The molecule has 35 heavy (non-hydrogen) atoms. The average molecular weight is 493 g/mol. The number of benzene rings is 1. The van der Waals surface area contributed by atoms with Gasteiger partial charge in [-0.05, 0) is 18.2 Å². The van der Waals surface area contributed by atoms with Gasteiger partial charge in [0.25, 0.3) is 0 Å². The van der Waals surface area contributed by atoms with Crippen LogP contribution in [0.1, 0.15) is 28.3 Å².